The molecule has 0 bridgehead atoms. The van der Waals surface area contributed by atoms with Crippen molar-refractivity contribution in [3.8, 4) is 0 Å². The molecule has 0 aromatic carbocycles. The van der Waals surface area contributed by atoms with Crippen molar-refractivity contribution in [2.45, 2.75) is 108 Å². The summed E-state index contributed by atoms with van der Waals surface area (Å²) in [6.45, 7) is 13.6. The minimum atomic E-state index is -2.09. The van der Waals surface area contributed by atoms with Crippen LogP contribution in [0.4, 0.5) is 0 Å². The number of ether oxygens (including phenoxy) is 5. The van der Waals surface area contributed by atoms with E-state index in [2.05, 4.69) is 6.58 Å². The Kier molecular flexibility index (Phi) is 7.90. The standard InChI is InChI=1S/C28H39ClO10/c1-13(2)24(32)38-18-9-8-14(3)20(29)22-28(34,15(4)25(33)39-22)23(37-17(6)31)21-26(18,7)19(36-16(5)30)10-11-27(21)12-35-27/h13,15,18-23,34H,3,8-12H2,1-2,4-7H3/t15?,18-,19?,20?,21?,22?,23-,26-,27-,28?/m0/s1. The maximum Gasteiger partial charge on any atom is 0.312 e. The van der Waals surface area contributed by atoms with Crippen LogP contribution < -0.4 is 0 Å². The summed E-state index contributed by atoms with van der Waals surface area (Å²) in [5.41, 5.74) is -3.74. The Morgan fingerprint density at radius 2 is 1.69 bits per heavy atom. The highest BCUT2D eigenvalue weighted by Gasteiger charge is 2.75. The summed E-state index contributed by atoms with van der Waals surface area (Å²) in [7, 11) is 0. The summed E-state index contributed by atoms with van der Waals surface area (Å²) in [6.07, 6.45) is -2.98. The Morgan fingerprint density at radius 3 is 2.23 bits per heavy atom. The van der Waals surface area contributed by atoms with E-state index in [1.54, 1.807) is 13.8 Å². The van der Waals surface area contributed by atoms with Crippen molar-refractivity contribution < 1.29 is 48.0 Å². The Hall–Kier alpha value is -2.17. The Labute approximate surface area is 233 Å². The van der Waals surface area contributed by atoms with E-state index in [9.17, 15) is 24.3 Å². The molecule has 6 unspecified atom stereocenters. The van der Waals surface area contributed by atoms with Gasteiger partial charge >= 0.3 is 23.9 Å². The zero-order valence-electron chi connectivity index (χ0n) is 23.4. The fourth-order valence-electron chi connectivity index (χ4n) is 6.93. The third-order valence-electron chi connectivity index (χ3n) is 9.19. The number of carbonyl (C=O) groups is 4. The lowest BCUT2D eigenvalue weighted by Crippen LogP contribution is -2.70. The van der Waals surface area contributed by atoms with Gasteiger partial charge in [0.05, 0.1) is 34.8 Å². The molecule has 1 N–H and O–H groups in total. The molecule has 39 heavy (non-hydrogen) atoms. The van der Waals surface area contributed by atoms with Gasteiger partial charge in [-0.25, -0.2) is 0 Å². The van der Waals surface area contributed by atoms with E-state index < -0.39 is 88.0 Å². The van der Waals surface area contributed by atoms with Gasteiger partial charge in [0.15, 0.2) is 11.7 Å². The van der Waals surface area contributed by atoms with Crippen LogP contribution in [0.3, 0.4) is 0 Å². The van der Waals surface area contributed by atoms with Crippen LogP contribution in [0.15, 0.2) is 12.2 Å². The van der Waals surface area contributed by atoms with E-state index in [1.807, 2.05) is 6.92 Å². The molecule has 218 valence electrons. The molecule has 0 aromatic heterocycles. The van der Waals surface area contributed by atoms with Crippen molar-refractivity contribution in [2.75, 3.05) is 6.61 Å². The van der Waals surface area contributed by atoms with Crippen LogP contribution in [0.5, 0.6) is 0 Å². The topological polar surface area (TPSA) is 138 Å². The van der Waals surface area contributed by atoms with Crippen LogP contribution in [0.1, 0.15) is 67.2 Å². The molecular weight excluding hydrogens is 532 g/mol. The number of hydrogen-bond donors (Lipinski definition) is 1. The monoisotopic (exact) mass is 570 g/mol. The molecule has 4 fully saturated rings. The lowest BCUT2D eigenvalue weighted by atomic mass is 9.52. The number of alkyl halides is 1. The average molecular weight is 571 g/mol. The first-order valence-electron chi connectivity index (χ1n) is 13.5. The maximum atomic E-state index is 13.0. The number of carbonyl (C=O) groups excluding carboxylic acids is 4. The molecule has 0 amide bonds. The van der Waals surface area contributed by atoms with Crippen molar-refractivity contribution in [1.29, 1.82) is 0 Å². The zero-order chi connectivity index (χ0) is 29.1. The van der Waals surface area contributed by atoms with Gasteiger partial charge < -0.3 is 28.8 Å². The van der Waals surface area contributed by atoms with Crippen LogP contribution in [0.25, 0.3) is 0 Å². The van der Waals surface area contributed by atoms with E-state index in [4.69, 9.17) is 35.3 Å². The summed E-state index contributed by atoms with van der Waals surface area (Å²) in [5, 5.41) is 11.5. The van der Waals surface area contributed by atoms with E-state index >= 15 is 0 Å². The second kappa shape index (κ2) is 10.3. The van der Waals surface area contributed by atoms with Crippen molar-refractivity contribution in [1.82, 2.24) is 0 Å². The van der Waals surface area contributed by atoms with Gasteiger partial charge in [-0.2, -0.15) is 0 Å². The van der Waals surface area contributed by atoms with Gasteiger partial charge in [-0.15, -0.1) is 11.6 Å². The van der Waals surface area contributed by atoms with Crippen LogP contribution in [0.2, 0.25) is 0 Å². The lowest BCUT2D eigenvalue weighted by Gasteiger charge is -2.57. The third-order valence-corrected chi connectivity index (χ3v) is 9.73. The van der Waals surface area contributed by atoms with E-state index in [0.29, 0.717) is 18.4 Å². The highest BCUT2D eigenvalue weighted by Crippen LogP contribution is 2.62. The van der Waals surface area contributed by atoms with Crippen molar-refractivity contribution in [3.05, 3.63) is 12.2 Å². The van der Waals surface area contributed by atoms with Crippen molar-refractivity contribution in [3.63, 3.8) is 0 Å². The van der Waals surface area contributed by atoms with Gasteiger partial charge in [0.2, 0.25) is 0 Å². The van der Waals surface area contributed by atoms with E-state index in [1.165, 1.54) is 20.8 Å². The minimum absolute atomic E-state index is 0.253. The number of rotatable bonds is 4. The second-order valence-corrected chi connectivity index (χ2v) is 12.5. The smallest absolute Gasteiger partial charge is 0.312 e. The summed E-state index contributed by atoms with van der Waals surface area (Å²) in [4.78, 5) is 50.9. The average Bonchev–Trinajstić information content (AvgIpc) is 3.58. The van der Waals surface area contributed by atoms with Crippen LogP contribution >= 0.6 is 11.6 Å². The maximum absolute atomic E-state index is 13.0. The van der Waals surface area contributed by atoms with Crippen LogP contribution in [0, 0.1) is 23.2 Å². The predicted molar refractivity (Wildman–Crippen MR) is 137 cm³/mol. The highest BCUT2D eigenvalue weighted by molar-refractivity contribution is 6.23. The fraction of sp³-hybridized carbons (Fsp3) is 0.786. The number of esters is 4. The van der Waals surface area contributed by atoms with Crippen molar-refractivity contribution >= 4 is 35.5 Å². The first-order valence-corrected chi connectivity index (χ1v) is 14.0. The molecule has 0 radical (unpaired) electrons. The third kappa shape index (κ3) is 4.86. The molecular formula is C28H39ClO10. The number of aliphatic hydroxyl groups is 1. The van der Waals surface area contributed by atoms with Crippen LogP contribution in [-0.4, -0.2) is 76.6 Å². The van der Waals surface area contributed by atoms with E-state index in [0.717, 1.165) is 0 Å². The molecule has 4 aliphatic rings. The summed E-state index contributed by atoms with van der Waals surface area (Å²) in [6, 6.07) is 0. The van der Waals surface area contributed by atoms with Crippen LogP contribution in [-0.2, 0) is 42.9 Å². The summed E-state index contributed by atoms with van der Waals surface area (Å²) < 4.78 is 29.6. The largest absolute Gasteiger partial charge is 0.462 e. The predicted octanol–water partition coefficient (Wildman–Crippen LogP) is 2.85. The van der Waals surface area contributed by atoms with E-state index in [-0.39, 0.29) is 19.4 Å². The van der Waals surface area contributed by atoms with Gasteiger partial charge in [0.25, 0.3) is 0 Å². The molecule has 2 aliphatic heterocycles. The summed E-state index contributed by atoms with van der Waals surface area (Å²) in [5.74, 6) is -4.84. The molecule has 11 heteroatoms. The molecule has 10 atom stereocenters. The molecule has 2 heterocycles. The first kappa shape index (κ1) is 29.8. The highest BCUT2D eigenvalue weighted by atomic mass is 35.5. The Bertz CT molecular complexity index is 1050. The summed E-state index contributed by atoms with van der Waals surface area (Å²) >= 11 is 6.81. The lowest BCUT2D eigenvalue weighted by molar-refractivity contribution is -0.245. The number of epoxide rings is 1. The van der Waals surface area contributed by atoms with Gasteiger partial charge in [0, 0.05) is 19.8 Å². The molecule has 4 rings (SSSR count). The minimum Gasteiger partial charge on any atom is -0.462 e. The molecule has 2 saturated carbocycles. The molecule has 10 nitrogen and oxygen atoms in total. The second-order valence-electron chi connectivity index (χ2n) is 12.0. The molecule has 0 aromatic rings. The quantitative estimate of drug-likeness (QED) is 0.176. The van der Waals surface area contributed by atoms with Crippen molar-refractivity contribution in [2.24, 2.45) is 23.2 Å². The van der Waals surface area contributed by atoms with Gasteiger partial charge in [-0.1, -0.05) is 32.9 Å². The zero-order valence-corrected chi connectivity index (χ0v) is 24.1. The molecule has 1 spiro atoms. The SMILES string of the molecule is C=C1CC[C@H](OC(=O)C(C)C)[C@@]2(C)C(OC(C)=O)CC[C@]3(CO3)C2[C@H](OC(C)=O)C2(O)C(C)C(=O)OC2C1Cl. The van der Waals surface area contributed by atoms with Gasteiger partial charge in [-0.05, 0) is 32.6 Å². The Morgan fingerprint density at radius 1 is 1.10 bits per heavy atom. The fourth-order valence-corrected chi connectivity index (χ4v) is 7.29. The Balaban J connectivity index is 2.00. The molecule has 2 saturated heterocycles. The van der Waals surface area contributed by atoms with Gasteiger partial charge in [-0.3, -0.25) is 19.2 Å². The van der Waals surface area contributed by atoms with Gasteiger partial charge in [0.1, 0.15) is 18.3 Å². The number of fused-ring (bicyclic) bond motifs is 3. The normalized spacial score (nSPS) is 43.7. The number of hydrogen-bond acceptors (Lipinski definition) is 10. The first-order chi connectivity index (χ1) is 18.1. The number of halogens is 1. The molecule has 2 aliphatic carbocycles.